The van der Waals surface area contributed by atoms with E-state index < -0.39 is 0 Å². The van der Waals surface area contributed by atoms with Crippen LogP contribution in [-0.2, 0) is 4.74 Å². The second-order valence-corrected chi connectivity index (χ2v) is 7.18. The molecule has 3 atom stereocenters. The lowest BCUT2D eigenvalue weighted by Crippen LogP contribution is -2.50. The van der Waals surface area contributed by atoms with Gasteiger partial charge in [0.05, 0.1) is 12.5 Å². The highest BCUT2D eigenvalue weighted by molar-refractivity contribution is 5.57. The zero-order valence-corrected chi connectivity index (χ0v) is 14.8. The van der Waals surface area contributed by atoms with Crippen molar-refractivity contribution in [2.75, 3.05) is 13.2 Å². The van der Waals surface area contributed by atoms with Crippen LogP contribution in [-0.4, -0.2) is 29.7 Å². The second-order valence-electron chi connectivity index (χ2n) is 7.18. The molecule has 0 amide bonds. The Morgan fingerprint density at radius 2 is 2.00 bits per heavy atom. The number of hydrogen-bond donors (Lipinski definition) is 0. The fourth-order valence-corrected chi connectivity index (χ4v) is 4.65. The third kappa shape index (κ3) is 3.38. The van der Waals surface area contributed by atoms with Gasteiger partial charge in [-0.25, -0.2) is 4.58 Å². The fourth-order valence-electron chi connectivity index (χ4n) is 4.65. The highest BCUT2D eigenvalue weighted by Crippen LogP contribution is 2.46. The molecule has 2 nitrogen and oxygen atoms in total. The average Bonchev–Trinajstić information content (AvgIpc) is 2.99. The van der Waals surface area contributed by atoms with Crippen LogP contribution in [0.2, 0.25) is 0 Å². The first kappa shape index (κ1) is 16.7. The van der Waals surface area contributed by atoms with Gasteiger partial charge in [0.25, 0.3) is 5.72 Å². The molecular formula is C21H32NO+. The van der Waals surface area contributed by atoms with Crippen LogP contribution in [0, 0.1) is 5.92 Å². The van der Waals surface area contributed by atoms with E-state index in [9.17, 15) is 0 Å². The van der Waals surface area contributed by atoms with Crippen molar-refractivity contribution in [2.24, 2.45) is 5.92 Å². The van der Waals surface area contributed by atoms with E-state index in [1.165, 1.54) is 50.5 Å². The number of hydrogen-bond acceptors (Lipinski definition) is 1. The predicted octanol–water partition coefficient (Wildman–Crippen LogP) is 4.98. The maximum Gasteiger partial charge on any atom is 0.273 e. The summed E-state index contributed by atoms with van der Waals surface area (Å²) in [4.78, 5) is 0. The van der Waals surface area contributed by atoms with Crippen molar-refractivity contribution in [1.82, 2.24) is 0 Å². The van der Waals surface area contributed by atoms with E-state index >= 15 is 0 Å². The van der Waals surface area contributed by atoms with E-state index in [1.54, 1.807) is 0 Å². The largest absolute Gasteiger partial charge is 0.319 e. The molecule has 0 radical (unpaired) electrons. The maximum atomic E-state index is 6.43. The molecule has 1 aromatic carbocycles. The second kappa shape index (κ2) is 7.61. The van der Waals surface area contributed by atoms with E-state index in [0.29, 0.717) is 11.8 Å². The van der Waals surface area contributed by atoms with Crippen LogP contribution in [0.25, 0.3) is 0 Å². The molecule has 1 aromatic rings. The summed E-state index contributed by atoms with van der Waals surface area (Å²) in [5.74, 6) is 1.21. The first-order chi connectivity index (χ1) is 11.3. The highest BCUT2D eigenvalue weighted by Gasteiger charge is 2.56. The van der Waals surface area contributed by atoms with Crippen LogP contribution in [0.4, 0.5) is 0 Å². The zero-order chi connectivity index (χ0) is 16.1. The fraction of sp³-hybridized carbons (Fsp3) is 0.667. The monoisotopic (exact) mass is 314 g/mol. The minimum Gasteiger partial charge on any atom is -0.319 e. The minimum absolute atomic E-state index is 0.0860. The van der Waals surface area contributed by atoms with Gasteiger partial charge in [0.15, 0.2) is 0 Å². The molecule has 2 heteroatoms. The minimum atomic E-state index is -0.0860. The molecule has 0 aliphatic carbocycles. The summed E-state index contributed by atoms with van der Waals surface area (Å²) in [5.41, 5.74) is 1.37. The molecule has 0 N–H and O–H groups in total. The van der Waals surface area contributed by atoms with E-state index in [2.05, 4.69) is 55.0 Å². The zero-order valence-electron chi connectivity index (χ0n) is 14.8. The van der Waals surface area contributed by atoms with Crippen molar-refractivity contribution in [3.8, 4) is 0 Å². The molecule has 1 fully saturated rings. The molecule has 2 aliphatic heterocycles. The first-order valence-corrected chi connectivity index (χ1v) is 9.60. The van der Waals surface area contributed by atoms with E-state index in [-0.39, 0.29) is 5.72 Å². The summed E-state index contributed by atoms with van der Waals surface area (Å²) < 4.78 is 8.99. The van der Waals surface area contributed by atoms with Gasteiger partial charge < -0.3 is 4.74 Å². The molecule has 2 aliphatic rings. The van der Waals surface area contributed by atoms with Gasteiger partial charge in [0, 0.05) is 18.8 Å². The lowest BCUT2D eigenvalue weighted by atomic mass is 9.76. The molecule has 2 heterocycles. The van der Waals surface area contributed by atoms with Crippen molar-refractivity contribution in [2.45, 2.75) is 70.4 Å². The van der Waals surface area contributed by atoms with Crippen LogP contribution >= 0.6 is 0 Å². The van der Waals surface area contributed by atoms with E-state index in [0.717, 1.165) is 13.2 Å². The first-order valence-electron chi connectivity index (χ1n) is 9.60. The van der Waals surface area contributed by atoms with Crippen LogP contribution in [0.3, 0.4) is 0 Å². The molecule has 0 spiro atoms. The van der Waals surface area contributed by atoms with Crippen molar-refractivity contribution in [3.63, 3.8) is 0 Å². The Morgan fingerprint density at radius 3 is 2.74 bits per heavy atom. The summed E-state index contributed by atoms with van der Waals surface area (Å²) in [6.45, 7) is 6.39. The smallest absolute Gasteiger partial charge is 0.273 e. The number of ether oxygens (including phenoxy) is 1. The van der Waals surface area contributed by atoms with Crippen molar-refractivity contribution in [3.05, 3.63) is 35.9 Å². The molecule has 0 saturated carbocycles. The van der Waals surface area contributed by atoms with Gasteiger partial charge in [-0.05, 0) is 25.3 Å². The number of rotatable bonds is 7. The molecule has 126 valence electrons. The van der Waals surface area contributed by atoms with E-state index in [4.69, 9.17) is 4.74 Å². The molecule has 3 rings (SSSR count). The summed E-state index contributed by atoms with van der Waals surface area (Å²) >= 11 is 0. The van der Waals surface area contributed by atoms with Gasteiger partial charge in [0.1, 0.15) is 12.8 Å². The van der Waals surface area contributed by atoms with Gasteiger partial charge in [-0.1, -0.05) is 56.5 Å². The number of benzene rings is 1. The van der Waals surface area contributed by atoms with Crippen LogP contribution in [0.15, 0.2) is 30.3 Å². The third-order valence-electron chi connectivity index (χ3n) is 5.67. The lowest BCUT2D eigenvalue weighted by molar-refractivity contribution is -0.649. The number of nitrogens with zero attached hydrogens (tertiary/aromatic N) is 1. The molecule has 23 heavy (non-hydrogen) atoms. The Hall–Kier alpha value is -1.15. The molecule has 0 bridgehead atoms. The highest BCUT2D eigenvalue weighted by atomic mass is 16.5. The van der Waals surface area contributed by atoms with Gasteiger partial charge in [-0.2, -0.15) is 0 Å². The van der Waals surface area contributed by atoms with E-state index in [1.807, 2.05) is 0 Å². The Morgan fingerprint density at radius 1 is 1.17 bits per heavy atom. The van der Waals surface area contributed by atoms with Crippen LogP contribution < -0.4 is 0 Å². The van der Waals surface area contributed by atoms with Gasteiger partial charge in [-0.3, -0.25) is 0 Å². The Bertz CT molecular complexity index is 524. The topological polar surface area (TPSA) is 12.2 Å². The normalized spacial score (nSPS) is 30.1. The van der Waals surface area contributed by atoms with Gasteiger partial charge >= 0.3 is 0 Å². The lowest BCUT2D eigenvalue weighted by Gasteiger charge is -2.38. The predicted molar refractivity (Wildman–Crippen MR) is 96.2 cm³/mol. The number of fused-ring (bicyclic) bond motifs is 1. The SMILES string of the molecule is CCCCCC1C=[N+]2CCCC2(OCC)C(c2ccccc2)C1. The van der Waals surface area contributed by atoms with Crippen LogP contribution in [0.1, 0.15) is 70.3 Å². The third-order valence-corrected chi connectivity index (χ3v) is 5.67. The summed E-state index contributed by atoms with van der Waals surface area (Å²) in [5, 5.41) is 0. The van der Waals surface area contributed by atoms with Crippen LogP contribution in [0.5, 0.6) is 0 Å². The molecule has 1 saturated heterocycles. The molecular weight excluding hydrogens is 282 g/mol. The maximum absolute atomic E-state index is 6.43. The molecule has 3 unspecified atom stereocenters. The average molecular weight is 314 g/mol. The van der Waals surface area contributed by atoms with Crippen molar-refractivity contribution in [1.29, 1.82) is 0 Å². The summed E-state index contributed by atoms with van der Waals surface area (Å²) in [6, 6.07) is 11.1. The van der Waals surface area contributed by atoms with Crippen molar-refractivity contribution >= 4 is 6.21 Å². The van der Waals surface area contributed by atoms with Gasteiger partial charge in [0.2, 0.25) is 0 Å². The number of unbranched alkanes of at least 4 members (excludes halogenated alkanes) is 2. The molecule has 0 aromatic heterocycles. The Kier molecular flexibility index (Phi) is 5.53. The Labute approximate surface area is 141 Å². The Balaban J connectivity index is 1.89. The summed E-state index contributed by atoms with van der Waals surface area (Å²) in [7, 11) is 0. The summed E-state index contributed by atoms with van der Waals surface area (Å²) in [6.07, 6.45) is 11.5. The standard InChI is InChI=1S/C21H32NO/c1-3-5-7-11-18-16-20(19-12-8-6-9-13-19)21(23-4-2)14-10-15-22(21)17-18/h6,8-9,12-13,17-18,20H,3-5,7,10-11,14-16H2,1-2H3/q+1. The van der Waals surface area contributed by atoms with Crippen molar-refractivity contribution < 1.29 is 9.31 Å². The quantitative estimate of drug-likeness (QED) is 0.510. The van der Waals surface area contributed by atoms with Gasteiger partial charge in [-0.15, -0.1) is 0 Å².